The molecule has 25 heavy (non-hydrogen) atoms. The topological polar surface area (TPSA) is 84.0 Å². The van der Waals surface area contributed by atoms with Crippen molar-refractivity contribution in [2.45, 2.75) is 6.92 Å². The molecule has 3 aromatic rings. The molecule has 0 atom stereocenters. The first-order valence-electron chi connectivity index (χ1n) is 7.77. The molecule has 0 amide bonds. The number of methoxy groups -OCH3 is 1. The van der Waals surface area contributed by atoms with Crippen LogP contribution in [-0.2, 0) is 0 Å². The van der Waals surface area contributed by atoms with E-state index >= 15 is 0 Å². The van der Waals surface area contributed by atoms with Gasteiger partial charge in [-0.15, -0.1) is 0 Å². The van der Waals surface area contributed by atoms with Crippen LogP contribution in [0.2, 0.25) is 0 Å². The molecule has 0 bridgehead atoms. The monoisotopic (exact) mass is 354 g/mol. The Hall–Kier alpha value is -3.00. The number of nitrogens with one attached hydrogen (secondary N) is 3. The highest BCUT2D eigenvalue weighted by molar-refractivity contribution is 7.80. The fourth-order valence-electron chi connectivity index (χ4n) is 2.20. The largest absolute Gasteiger partial charge is 0.497 e. The van der Waals surface area contributed by atoms with Crippen molar-refractivity contribution >= 4 is 45.8 Å². The van der Waals surface area contributed by atoms with Crippen molar-refractivity contribution in [2.24, 2.45) is 0 Å². The molecule has 3 N–H and O–H groups in total. The van der Waals surface area contributed by atoms with Crippen molar-refractivity contribution in [2.75, 3.05) is 24.3 Å². The van der Waals surface area contributed by atoms with Gasteiger partial charge < -0.3 is 20.7 Å². The maximum atomic E-state index is 5.23. The summed E-state index contributed by atoms with van der Waals surface area (Å²) in [5.41, 5.74) is 2.11. The highest BCUT2D eigenvalue weighted by atomic mass is 32.1. The lowest BCUT2D eigenvalue weighted by atomic mass is 10.3. The van der Waals surface area contributed by atoms with E-state index in [2.05, 4.69) is 30.9 Å². The van der Waals surface area contributed by atoms with Gasteiger partial charge in [-0.2, -0.15) is 0 Å². The van der Waals surface area contributed by atoms with Crippen LogP contribution < -0.4 is 20.7 Å². The molecule has 0 spiro atoms. The average Bonchev–Trinajstić information content (AvgIpc) is 2.62. The molecule has 2 heterocycles. The van der Waals surface area contributed by atoms with E-state index in [1.54, 1.807) is 13.3 Å². The number of hydrogen-bond acceptors (Lipinski definition) is 6. The summed E-state index contributed by atoms with van der Waals surface area (Å²) < 4.78 is 5.23. The van der Waals surface area contributed by atoms with Gasteiger partial charge in [-0.1, -0.05) is 6.07 Å². The Morgan fingerprint density at radius 2 is 2.00 bits per heavy atom. The van der Waals surface area contributed by atoms with Crippen LogP contribution >= 0.6 is 12.2 Å². The van der Waals surface area contributed by atoms with E-state index in [0.717, 1.165) is 18.0 Å². The lowest BCUT2D eigenvalue weighted by Gasteiger charge is -2.09. The van der Waals surface area contributed by atoms with Gasteiger partial charge in [0.05, 0.1) is 13.3 Å². The van der Waals surface area contributed by atoms with E-state index in [1.165, 1.54) is 0 Å². The Kier molecular flexibility index (Phi) is 5.20. The van der Waals surface area contributed by atoms with E-state index in [9.17, 15) is 0 Å². The molecule has 0 aliphatic rings. The SMILES string of the molecule is CCNC(=S)Nc1cnc2ccc(Nc3cccc(OC)c3)nc2n1. The average molecular weight is 354 g/mol. The Morgan fingerprint density at radius 3 is 2.80 bits per heavy atom. The molecular formula is C17H18N6OS. The predicted molar refractivity (Wildman–Crippen MR) is 104 cm³/mol. The number of benzene rings is 1. The maximum absolute atomic E-state index is 5.23. The van der Waals surface area contributed by atoms with Gasteiger partial charge in [0, 0.05) is 18.3 Å². The molecule has 0 saturated heterocycles. The number of ether oxygens (including phenoxy) is 1. The summed E-state index contributed by atoms with van der Waals surface area (Å²) in [6.07, 6.45) is 1.63. The lowest BCUT2D eigenvalue weighted by molar-refractivity contribution is 0.415. The summed E-state index contributed by atoms with van der Waals surface area (Å²) in [4.78, 5) is 13.3. The number of rotatable bonds is 5. The molecule has 0 saturated carbocycles. The van der Waals surface area contributed by atoms with Crippen LogP contribution in [0.25, 0.3) is 11.2 Å². The van der Waals surface area contributed by atoms with Crippen molar-refractivity contribution in [1.29, 1.82) is 0 Å². The van der Waals surface area contributed by atoms with Gasteiger partial charge in [0.15, 0.2) is 16.6 Å². The quantitative estimate of drug-likeness (QED) is 0.603. The third-order valence-corrected chi connectivity index (χ3v) is 3.57. The van der Waals surface area contributed by atoms with E-state index in [-0.39, 0.29) is 0 Å². The third kappa shape index (κ3) is 4.30. The van der Waals surface area contributed by atoms with Crippen LogP contribution in [0.3, 0.4) is 0 Å². The summed E-state index contributed by atoms with van der Waals surface area (Å²) in [5.74, 6) is 1.99. The smallest absolute Gasteiger partial charge is 0.182 e. The summed E-state index contributed by atoms with van der Waals surface area (Å²) in [5, 5.41) is 9.73. The van der Waals surface area contributed by atoms with Crippen molar-refractivity contribution < 1.29 is 4.74 Å². The summed E-state index contributed by atoms with van der Waals surface area (Å²) in [6, 6.07) is 11.3. The molecule has 8 heteroatoms. The summed E-state index contributed by atoms with van der Waals surface area (Å²) in [6.45, 7) is 2.71. The minimum atomic E-state index is 0.502. The fourth-order valence-corrected chi connectivity index (χ4v) is 2.45. The first-order valence-corrected chi connectivity index (χ1v) is 8.18. The highest BCUT2D eigenvalue weighted by Gasteiger charge is 2.05. The van der Waals surface area contributed by atoms with E-state index in [0.29, 0.717) is 27.9 Å². The molecule has 7 nitrogen and oxygen atoms in total. The summed E-state index contributed by atoms with van der Waals surface area (Å²) >= 11 is 5.16. The number of aromatic nitrogens is 3. The molecule has 3 rings (SSSR count). The number of thiocarbonyl (C=S) groups is 1. The number of fused-ring (bicyclic) bond motifs is 1. The molecule has 0 radical (unpaired) electrons. The minimum absolute atomic E-state index is 0.502. The van der Waals surface area contributed by atoms with Crippen molar-refractivity contribution in [1.82, 2.24) is 20.3 Å². The standard InChI is InChI=1S/C17H18N6OS/c1-3-18-17(25)23-15-10-19-13-7-8-14(21-16(13)22-15)20-11-5-4-6-12(9-11)24-2/h4-10H,3H2,1-2H3,(H3,18,20,21,22,23,25). The zero-order chi connectivity index (χ0) is 17.6. The van der Waals surface area contributed by atoms with Gasteiger partial charge in [0.25, 0.3) is 0 Å². The number of hydrogen-bond donors (Lipinski definition) is 3. The molecular weight excluding hydrogens is 336 g/mol. The van der Waals surface area contributed by atoms with Crippen LogP contribution in [0.4, 0.5) is 17.3 Å². The third-order valence-electron chi connectivity index (χ3n) is 3.33. The number of pyridine rings is 1. The van der Waals surface area contributed by atoms with Gasteiger partial charge in [0.1, 0.15) is 17.1 Å². The first kappa shape index (κ1) is 16.8. The van der Waals surface area contributed by atoms with Crippen molar-refractivity contribution in [3.63, 3.8) is 0 Å². The molecule has 0 fully saturated rings. The van der Waals surface area contributed by atoms with Crippen LogP contribution in [0.1, 0.15) is 6.92 Å². The Morgan fingerprint density at radius 1 is 1.16 bits per heavy atom. The number of anilines is 3. The molecule has 0 unspecified atom stereocenters. The van der Waals surface area contributed by atoms with E-state index < -0.39 is 0 Å². The van der Waals surface area contributed by atoms with Gasteiger partial charge in [0.2, 0.25) is 0 Å². The minimum Gasteiger partial charge on any atom is -0.497 e. The Balaban J connectivity index is 1.83. The van der Waals surface area contributed by atoms with Gasteiger partial charge in [-0.05, 0) is 43.4 Å². The fraction of sp³-hybridized carbons (Fsp3) is 0.176. The second kappa shape index (κ2) is 7.71. The molecule has 128 valence electrons. The Labute approximate surface area is 150 Å². The van der Waals surface area contributed by atoms with E-state index in [4.69, 9.17) is 17.0 Å². The zero-order valence-corrected chi connectivity index (χ0v) is 14.7. The van der Waals surface area contributed by atoms with Crippen LogP contribution in [0, 0.1) is 0 Å². The maximum Gasteiger partial charge on any atom is 0.182 e. The van der Waals surface area contributed by atoms with Crippen LogP contribution in [0.5, 0.6) is 5.75 Å². The van der Waals surface area contributed by atoms with Crippen LogP contribution in [-0.4, -0.2) is 33.7 Å². The van der Waals surface area contributed by atoms with Crippen molar-refractivity contribution in [3.8, 4) is 5.75 Å². The second-order valence-corrected chi connectivity index (χ2v) is 5.54. The molecule has 0 aliphatic heterocycles. The molecule has 2 aromatic heterocycles. The van der Waals surface area contributed by atoms with Gasteiger partial charge in [-0.25, -0.2) is 15.0 Å². The number of nitrogens with zero attached hydrogens (tertiary/aromatic N) is 3. The summed E-state index contributed by atoms with van der Waals surface area (Å²) in [7, 11) is 1.63. The van der Waals surface area contributed by atoms with Crippen molar-refractivity contribution in [3.05, 3.63) is 42.6 Å². The van der Waals surface area contributed by atoms with Gasteiger partial charge in [-0.3, -0.25) is 0 Å². The lowest BCUT2D eigenvalue weighted by Crippen LogP contribution is -2.28. The normalized spacial score (nSPS) is 10.3. The molecule has 0 aliphatic carbocycles. The highest BCUT2D eigenvalue weighted by Crippen LogP contribution is 2.21. The first-order chi connectivity index (χ1) is 12.2. The molecule has 1 aromatic carbocycles. The van der Waals surface area contributed by atoms with E-state index in [1.807, 2.05) is 43.3 Å². The Bertz CT molecular complexity index is 901. The zero-order valence-electron chi connectivity index (χ0n) is 13.9. The van der Waals surface area contributed by atoms with Gasteiger partial charge >= 0.3 is 0 Å². The predicted octanol–water partition coefficient (Wildman–Crippen LogP) is 3.08. The second-order valence-electron chi connectivity index (χ2n) is 5.14. The van der Waals surface area contributed by atoms with Crippen LogP contribution in [0.15, 0.2) is 42.6 Å².